The van der Waals surface area contributed by atoms with Crippen molar-refractivity contribution in [2.45, 2.75) is 45.3 Å². The molecule has 0 spiro atoms. The lowest BCUT2D eigenvalue weighted by atomic mass is 9.91. The van der Waals surface area contributed by atoms with E-state index in [2.05, 4.69) is 32.6 Å². The fourth-order valence-electron chi connectivity index (χ4n) is 2.51. The van der Waals surface area contributed by atoms with Crippen molar-refractivity contribution in [3.8, 4) is 0 Å². The van der Waals surface area contributed by atoms with Crippen LogP contribution in [-0.4, -0.2) is 29.2 Å². The molecule has 0 amide bonds. The summed E-state index contributed by atoms with van der Waals surface area (Å²) in [5.41, 5.74) is 0.100. The molecule has 1 aromatic rings. The Morgan fingerprint density at radius 3 is 2.31 bits per heavy atom. The highest BCUT2D eigenvalue weighted by molar-refractivity contribution is 5.03. The molecule has 1 aromatic heterocycles. The van der Waals surface area contributed by atoms with E-state index >= 15 is 0 Å². The van der Waals surface area contributed by atoms with Gasteiger partial charge < -0.3 is 9.15 Å². The van der Waals surface area contributed by atoms with Crippen molar-refractivity contribution < 1.29 is 9.15 Å². The van der Waals surface area contributed by atoms with Crippen LogP contribution in [0.4, 0.5) is 0 Å². The van der Waals surface area contributed by atoms with E-state index in [0.29, 0.717) is 0 Å². The van der Waals surface area contributed by atoms with Crippen LogP contribution in [0.5, 0.6) is 0 Å². The van der Waals surface area contributed by atoms with Crippen molar-refractivity contribution in [3.63, 3.8) is 0 Å². The Balaban J connectivity index is 2.20. The molecule has 0 bridgehead atoms. The molecule has 0 saturated carbocycles. The topological polar surface area (TPSA) is 25.6 Å². The summed E-state index contributed by atoms with van der Waals surface area (Å²) in [5, 5.41) is 0. The minimum absolute atomic E-state index is 0.0501. The van der Waals surface area contributed by atoms with Gasteiger partial charge in [-0.15, -0.1) is 0 Å². The van der Waals surface area contributed by atoms with Gasteiger partial charge in [0.2, 0.25) is 0 Å². The van der Waals surface area contributed by atoms with E-state index in [1.165, 1.54) is 0 Å². The van der Waals surface area contributed by atoms with Gasteiger partial charge in [0.15, 0.2) is 0 Å². The van der Waals surface area contributed by atoms with Crippen molar-refractivity contribution in [1.29, 1.82) is 0 Å². The number of hydrogen-bond donors (Lipinski definition) is 0. The third-order valence-electron chi connectivity index (χ3n) is 3.27. The Hall–Kier alpha value is -0.800. The van der Waals surface area contributed by atoms with Gasteiger partial charge in [-0.3, -0.25) is 4.90 Å². The normalized spacial score (nSPS) is 24.5. The summed E-state index contributed by atoms with van der Waals surface area (Å²) in [4.78, 5) is 2.46. The van der Waals surface area contributed by atoms with Crippen LogP contribution in [0.25, 0.3) is 0 Å². The van der Waals surface area contributed by atoms with Crippen LogP contribution < -0.4 is 0 Å². The second-order valence-electron chi connectivity index (χ2n) is 5.78. The highest BCUT2D eigenvalue weighted by Crippen LogP contribution is 2.32. The Kier molecular flexibility index (Phi) is 2.84. The average molecular weight is 223 g/mol. The Bertz CT molecular complexity index is 325. The molecule has 2 heterocycles. The minimum Gasteiger partial charge on any atom is -0.468 e. The first-order valence-electron chi connectivity index (χ1n) is 5.80. The van der Waals surface area contributed by atoms with Gasteiger partial charge >= 0.3 is 0 Å². The second kappa shape index (κ2) is 3.90. The lowest BCUT2D eigenvalue weighted by Crippen LogP contribution is -2.62. The Morgan fingerprint density at radius 1 is 1.19 bits per heavy atom. The fourth-order valence-corrected chi connectivity index (χ4v) is 2.51. The summed E-state index contributed by atoms with van der Waals surface area (Å²) >= 11 is 0. The molecule has 90 valence electrons. The van der Waals surface area contributed by atoms with E-state index in [1.807, 2.05) is 12.1 Å². The third-order valence-corrected chi connectivity index (χ3v) is 3.27. The molecule has 0 aliphatic carbocycles. The van der Waals surface area contributed by atoms with Crippen LogP contribution in [0, 0.1) is 0 Å². The molecule has 16 heavy (non-hydrogen) atoms. The molecule has 2 rings (SSSR count). The van der Waals surface area contributed by atoms with E-state index in [9.17, 15) is 0 Å². The van der Waals surface area contributed by atoms with Crippen molar-refractivity contribution in [2.24, 2.45) is 0 Å². The molecule has 1 aliphatic rings. The first-order valence-corrected chi connectivity index (χ1v) is 5.80. The van der Waals surface area contributed by atoms with Gasteiger partial charge in [-0.1, -0.05) is 0 Å². The summed E-state index contributed by atoms with van der Waals surface area (Å²) in [6.07, 6.45) is 1.73. The number of ether oxygens (including phenoxy) is 1. The standard InChI is InChI=1S/C13H21NO2/c1-12(2)9-15-10-13(3,4)14(12)8-11-6-5-7-16-11/h5-7H,8-10H2,1-4H3. The van der Waals surface area contributed by atoms with E-state index in [-0.39, 0.29) is 11.1 Å². The summed E-state index contributed by atoms with van der Waals surface area (Å²) in [5.74, 6) is 1.02. The maximum atomic E-state index is 5.68. The van der Waals surface area contributed by atoms with Gasteiger partial charge in [0.05, 0.1) is 26.0 Å². The average Bonchev–Trinajstić information content (AvgIpc) is 2.63. The third kappa shape index (κ3) is 2.15. The first-order chi connectivity index (χ1) is 7.42. The second-order valence-corrected chi connectivity index (χ2v) is 5.78. The van der Waals surface area contributed by atoms with Crippen molar-refractivity contribution in [1.82, 2.24) is 4.90 Å². The van der Waals surface area contributed by atoms with Gasteiger partial charge in [-0.25, -0.2) is 0 Å². The number of nitrogens with zero attached hydrogens (tertiary/aromatic N) is 1. The highest BCUT2D eigenvalue weighted by Gasteiger charge is 2.42. The summed E-state index contributed by atoms with van der Waals surface area (Å²) in [6, 6.07) is 3.97. The molecular formula is C13H21NO2. The highest BCUT2D eigenvalue weighted by atomic mass is 16.5. The molecule has 3 nitrogen and oxygen atoms in total. The maximum Gasteiger partial charge on any atom is 0.117 e. The lowest BCUT2D eigenvalue weighted by Gasteiger charge is -2.52. The van der Waals surface area contributed by atoms with Crippen molar-refractivity contribution in [2.75, 3.05) is 13.2 Å². The van der Waals surface area contributed by atoms with E-state index in [0.717, 1.165) is 25.5 Å². The molecule has 0 unspecified atom stereocenters. The number of morpholine rings is 1. The molecular weight excluding hydrogens is 202 g/mol. The number of hydrogen-bond acceptors (Lipinski definition) is 3. The Labute approximate surface area is 97.4 Å². The van der Waals surface area contributed by atoms with Crippen LogP contribution in [0.15, 0.2) is 22.8 Å². The predicted octanol–water partition coefficient (Wildman–Crippen LogP) is 2.67. The smallest absolute Gasteiger partial charge is 0.117 e. The van der Waals surface area contributed by atoms with Gasteiger partial charge in [-0.2, -0.15) is 0 Å². The quantitative estimate of drug-likeness (QED) is 0.771. The SMILES string of the molecule is CC1(C)COCC(C)(C)N1Cc1ccco1. The molecule has 0 N–H and O–H groups in total. The molecule has 0 aromatic carbocycles. The van der Waals surface area contributed by atoms with E-state index in [4.69, 9.17) is 9.15 Å². The molecule has 1 aliphatic heterocycles. The van der Waals surface area contributed by atoms with Crippen LogP contribution >= 0.6 is 0 Å². The number of furan rings is 1. The van der Waals surface area contributed by atoms with Crippen LogP contribution in [-0.2, 0) is 11.3 Å². The predicted molar refractivity (Wildman–Crippen MR) is 63.2 cm³/mol. The minimum atomic E-state index is 0.0501. The zero-order valence-corrected chi connectivity index (χ0v) is 10.6. The van der Waals surface area contributed by atoms with Crippen molar-refractivity contribution in [3.05, 3.63) is 24.2 Å². The van der Waals surface area contributed by atoms with E-state index < -0.39 is 0 Å². The summed E-state index contributed by atoms with van der Waals surface area (Å²) in [6.45, 7) is 11.3. The van der Waals surface area contributed by atoms with Gasteiger partial charge in [-0.05, 0) is 39.8 Å². The van der Waals surface area contributed by atoms with Gasteiger partial charge in [0, 0.05) is 11.1 Å². The van der Waals surface area contributed by atoms with Gasteiger partial charge in [0.25, 0.3) is 0 Å². The zero-order valence-electron chi connectivity index (χ0n) is 10.6. The lowest BCUT2D eigenvalue weighted by molar-refractivity contribution is -0.133. The van der Waals surface area contributed by atoms with Gasteiger partial charge in [0.1, 0.15) is 5.76 Å². The molecule has 1 saturated heterocycles. The van der Waals surface area contributed by atoms with Crippen molar-refractivity contribution >= 4 is 0 Å². The molecule has 3 heteroatoms. The molecule has 0 radical (unpaired) electrons. The zero-order chi connectivity index (χ0) is 11.8. The monoisotopic (exact) mass is 223 g/mol. The largest absolute Gasteiger partial charge is 0.468 e. The number of rotatable bonds is 2. The maximum absolute atomic E-state index is 5.68. The summed E-state index contributed by atoms with van der Waals surface area (Å²) in [7, 11) is 0. The van der Waals surface area contributed by atoms with Crippen LogP contribution in [0.1, 0.15) is 33.5 Å². The summed E-state index contributed by atoms with van der Waals surface area (Å²) < 4.78 is 11.1. The molecule has 1 fully saturated rings. The van der Waals surface area contributed by atoms with Crippen LogP contribution in [0.3, 0.4) is 0 Å². The fraction of sp³-hybridized carbons (Fsp3) is 0.692. The van der Waals surface area contributed by atoms with Crippen LogP contribution in [0.2, 0.25) is 0 Å². The van der Waals surface area contributed by atoms with E-state index in [1.54, 1.807) is 6.26 Å². The molecule has 0 atom stereocenters. The Morgan fingerprint density at radius 2 is 1.81 bits per heavy atom. The first kappa shape index (κ1) is 11.7.